The van der Waals surface area contributed by atoms with E-state index in [0.717, 1.165) is 0 Å². The number of hydrogen-bond acceptors (Lipinski definition) is 0. The third-order valence-corrected chi connectivity index (χ3v) is 7.05. The number of fused-ring (bicyclic) bond motifs is 2. The summed E-state index contributed by atoms with van der Waals surface area (Å²) in [5.41, 5.74) is 8.11. The summed E-state index contributed by atoms with van der Waals surface area (Å²) >= 11 is 1.36. The van der Waals surface area contributed by atoms with Crippen molar-refractivity contribution < 1.29 is 23.3 Å². The molecule has 0 saturated heterocycles. The molecule has 0 nitrogen and oxygen atoms in total. The van der Waals surface area contributed by atoms with Crippen molar-refractivity contribution in [2.45, 2.75) is 39.5 Å². The van der Waals surface area contributed by atoms with Crippen molar-refractivity contribution in [3.05, 3.63) is 147 Å². The zero-order valence-corrected chi connectivity index (χ0v) is 30.6. The Morgan fingerprint density at radius 2 is 0.833 bits per heavy atom. The van der Waals surface area contributed by atoms with E-state index in [9.17, 15) is 0 Å². The first-order valence-corrected chi connectivity index (χ1v) is 17.4. The molecule has 0 aliphatic heterocycles. The van der Waals surface area contributed by atoms with Gasteiger partial charge >= 0.3 is 30.2 Å². The zero-order chi connectivity index (χ0) is 27.1. The van der Waals surface area contributed by atoms with E-state index in [2.05, 4.69) is 156 Å². The van der Waals surface area contributed by atoms with Gasteiger partial charge in [0.05, 0.1) is 0 Å². The van der Waals surface area contributed by atoms with Crippen LogP contribution in [0.5, 0.6) is 0 Å². The molecule has 0 spiro atoms. The van der Waals surface area contributed by atoms with Gasteiger partial charge in [0, 0.05) is 0 Å². The standard InChI is InChI=1S/2C18H17.2CH3.2ClH.Si.Zr/c2*1-13(2)16-11-15-9-6-10-17(18(15)12-16)14-7-4-3-5-8-14;;;;;;/h2*3-13H,1-2H3;2*1H3;2*1H;;/q4*-1;;;;. The van der Waals surface area contributed by atoms with E-state index in [0.29, 0.717) is 11.8 Å². The summed E-state index contributed by atoms with van der Waals surface area (Å²) in [7, 11) is 0. The number of halogens is 2. The third-order valence-electron chi connectivity index (χ3n) is 7.05. The molecule has 6 aromatic rings. The normalized spacial score (nSPS) is 9.74. The molecule has 0 unspecified atom stereocenters. The Kier molecular flexibility index (Phi) is 18.1. The molecule has 0 aliphatic rings. The molecule has 0 fully saturated rings. The predicted molar refractivity (Wildman–Crippen MR) is 191 cm³/mol. The van der Waals surface area contributed by atoms with Gasteiger partial charge in [-0.15, -0.1) is 93.9 Å². The monoisotopic (exact) mass is 686 g/mol. The first kappa shape index (κ1) is 39.8. The summed E-state index contributed by atoms with van der Waals surface area (Å²) in [6.45, 7) is 12.0. The van der Waals surface area contributed by atoms with Crippen LogP contribution in [0.15, 0.2) is 121 Å². The molecular weight excluding hydrogens is 647 g/mol. The van der Waals surface area contributed by atoms with Crippen LogP contribution in [0, 0.1) is 14.9 Å². The molecule has 220 valence electrons. The number of benzene rings is 4. The van der Waals surface area contributed by atoms with E-state index < -0.39 is 0 Å². The average molecular weight is 689 g/mol. The minimum absolute atomic E-state index is 0. The average Bonchev–Trinajstić information content (AvgIpc) is 3.61. The first-order chi connectivity index (χ1) is 18.5. The van der Waals surface area contributed by atoms with E-state index >= 15 is 0 Å². The van der Waals surface area contributed by atoms with Crippen LogP contribution in [0.2, 0.25) is 0 Å². The molecule has 42 heavy (non-hydrogen) atoms. The molecule has 0 saturated carbocycles. The van der Waals surface area contributed by atoms with Gasteiger partial charge in [0.25, 0.3) is 0 Å². The second-order valence-electron chi connectivity index (χ2n) is 10.2. The molecule has 0 N–H and O–H groups in total. The van der Waals surface area contributed by atoms with Gasteiger partial charge in [-0.3, -0.25) is 0 Å². The van der Waals surface area contributed by atoms with Crippen LogP contribution in [0.1, 0.15) is 50.7 Å². The molecule has 4 heteroatoms. The van der Waals surface area contributed by atoms with Crippen molar-refractivity contribution in [3.8, 4) is 22.3 Å². The molecule has 0 aromatic heterocycles. The topological polar surface area (TPSA) is 0 Å². The number of rotatable bonds is 4. The van der Waals surface area contributed by atoms with Crippen molar-refractivity contribution in [2.75, 3.05) is 0 Å². The maximum absolute atomic E-state index is 3.06. The first-order valence-electron chi connectivity index (χ1n) is 13.3. The summed E-state index contributed by atoms with van der Waals surface area (Å²) in [6.07, 6.45) is 0. The summed E-state index contributed by atoms with van der Waals surface area (Å²) in [5, 5.41) is 5.43. The Bertz CT molecular complexity index is 1480. The maximum atomic E-state index is 3.06. The second kappa shape index (κ2) is 19.1. The van der Waals surface area contributed by atoms with Crippen molar-refractivity contribution >= 4 is 53.2 Å². The van der Waals surface area contributed by atoms with Crippen molar-refractivity contribution in [2.24, 2.45) is 0 Å². The minimum atomic E-state index is 0. The van der Waals surface area contributed by atoms with E-state index in [4.69, 9.17) is 0 Å². The van der Waals surface area contributed by atoms with E-state index in [1.807, 2.05) is 0 Å². The fourth-order valence-corrected chi connectivity index (χ4v) is 4.92. The van der Waals surface area contributed by atoms with Gasteiger partial charge < -0.3 is 14.9 Å². The molecule has 6 aromatic carbocycles. The van der Waals surface area contributed by atoms with E-state index in [1.165, 1.54) is 78.3 Å². The summed E-state index contributed by atoms with van der Waals surface area (Å²) in [6, 6.07) is 43.6. The van der Waals surface area contributed by atoms with Gasteiger partial charge in [0.1, 0.15) is 0 Å². The van der Waals surface area contributed by atoms with Gasteiger partial charge in [0.15, 0.2) is 0 Å². The molecule has 2 radical (unpaired) electrons. The second-order valence-corrected chi connectivity index (χ2v) is 10.2. The Balaban J connectivity index is 0.000000694. The third kappa shape index (κ3) is 9.39. The van der Waals surface area contributed by atoms with Crippen molar-refractivity contribution in [3.63, 3.8) is 0 Å². The predicted octanol–water partition coefficient (Wildman–Crippen LogP) is 12.1. The molecule has 0 bridgehead atoms. The number of hydrogen-bond donors (Lipinski definition) is 0. The van der Waals surface area contributed by atoms with Crippen LogP contribution in [-0.2, 0) is 23.3 Å². The molecule has 0 amide bonds. The van der Waals surface area contributed by atoms with Crippen LogP contribution < -0.4 is 0 Å². The van der Waals surface area contributed by atoms with E-state index in [1.54, 1.807) is 0 Å². The molecule has 0 aliphatic carbocycles. The van der Waals surface area contributed by atoms with Crippen molar-refractivity contribution in [1.82, 2.24) is 0 Å². The fourth-order valence-electron chi connectivity index (χ4n) is 4.92. The zero-order valence-electron chi connectivity index (χ0n) is 25.5. The van der Waals surface area contributed by atoms with Gasteiger partial charge in [-0.25, -0.2) is 0 Å². The van der Waals surface area contributed by atoms with Crippen molar-refractivity contribution in [1.29, 1.82) is 0 Å². The Hall–Kier alpha value is -2.22. The summed E-state index contributed by atoms with van der Waals surface area (Å²) in [5.74, 6) is 1.17. The van der Waals surface area contributed by atoms with Crippen LogP contribution in [0.3, 0.4) is 0 Å². The Morgan fingerprint density at radius 3 is 1.14 bits per heavy atom. The van der Waals surface area contributed by atoms with Crippen LogP contribution in [-0.4, -0.2) is 6.88 Å². The van der Waals surface area contributed by atoms with Crippen LogP contribution >= 0.6 is 24.8 Å². The Morgan fingerprint density at radius 1 is 0.500 bits per heavy atom. The molecule has 6 rings (SSSR count). The molecule has 0 atom stereocenters. The van der Waals surface area contributed by atoms with E-state index in [-0.39, 0.29) is 39.7 Å². The summed E-state index contributed by atoms with van der Waals surface area (Å²) in [4.78, 5) is 0. The van der Waals surface area contributed by atoms with Crippen LogP contribution in [0.4, 0.5) is 0 Å². The van der Waals surface area contributed by atoms with Gasteiger partial charge in [-0.05, 0) is 23.0 Å². The molecule has 0 heterocycles. The van der Waals surface area contributed by atoms with Gasteiger partial charge in [0.2, 0.25) is 0 Å². The Labute approximate surface area is 283 Å². The van der Waals surface area contributed by atoms with Crippen LogP contribution in [0.25, 0.3) is 43.8 Å². The summed E-state index contributed by atoms with van der Waals surface area (Å²) < 4.78 is 0. The SMILES string of the molecule is CC(C)c1cc2c(-c3ccccc3)cccc2[cH-]1.CC(C)c1cc2c(-c3ccccc3)cccc2[cH-]1.Cl.Cl.[CH3-].[CH3-].[Si]=[Zr]. The van der Waals surface area contributed by atoms with Gasteiger partial charge in [-0.1, -0.05) is 112 Å². The quantitative estimate of drug-likeness (QED) is 0.128. The molecular formula is C38H42Cl2SiZr-4. The van der Waals surface area contributed by atoms with Gasteiger partial charge in [-0.2, -0.15) is 12.1 Å². The fraction of sp³-hybridized carbons (Fsp3) is 0.158.